The van der Waals surface area contributed by atoms with Gasteiger partial charge in [-0.2, -0.15) is 0 Å². The van der Waals surface area contributed by atoms with Crippen LogP contribution in [0.2, 0.25) is 0 Å². The third kappa shape index (κ3) is 3.39. The number of hydrogen-bond donors (Lipinski definition) is 2. The summed E-state index contributed by atoms with van der Waals surface area (Å²) in [6.07, 6.45) is -0.289. The number of nitrogens with two attached hydrogens (primary N) is 1. The van der Waals surface area contributed by atoms with Crippen molar-refractivity contribution in [2.75, 3.05) is 26.2 Å². The van der Waals surface area contributed by atoms with Crippen molar-refractivity contribution in [3.8, 4) is 0 Å². The van der Waals surface area contributed by atoms with Gasteiger partial charge in [-0.15, -0.1) is 0 Å². The van der Waals surface area contributed by atoms with Gasteiger partial charge in [0.1, 0.15) is 0 Å². The number of hydrogen-bond acceptors (Lipinski definition) is 4. The number of aliphatic hydroxyl groups is 1. The zero-order valence-electron chi connectivity index (χ0n) is 8.41. The minimum absolute atomic E-state index is 0.0133. The molecule has 3 N–H and O–H groups in total. The molecule has 0 radical (unpaired) electrons. The summed E-state index contributed by atoms with van der Waals surface area (Å²) < 4.78 is 0. The Labute approximate surface area is 87.5 Å². The van der Waals surface area contributed by atoms with E-state index in [1.807, 2.05) is 0 Å². The van der Waals surface area contributed by atoms with Crippen LogP contribution in [0.1, 0.15) is 6.42 Å². The Kier molecular flexibility index (Phi) is 4.36. The second kappa shape index (κ2) is 5.55. The largest absolute Gasteiger partial charge is 0.390 e. The normalized spacial score (nSPS) is 22.7. The van der Waals surface area contributed by atoms with Crippen molar-refractivity contribution in [1.82, 2.24) is 4.90 Å². The SMILES string of the molecule is [N-]=[N+]=NCC1CC(=O)N(CC(O)CN)C1. The van der Waals surface area contributed by atoms with Gasteiger partial charge in [0.05, 0.1) is 6.10 Å². The molecule has 0 aromatic rings. The molecule has 1 saturated heterocycles. The number of azide groups is 1. The van der Waals surface area contributed by atoms with Crippen LogP contribution in [-0.2, 0) is 4.79 Å². The van der Waals surface area contributed by atoms with Gasteiger partial charge in [-0.25, -0.2) is 0 Å². The minimum atomic E-state index is -0.674. The summed E-state index contributed by atoms with van der Waals surface area (Å²) in [5.74, 6) is 0.0546. The molecule has 0 saturated carbocycles. The number of aliphatic hydroxyl groups excluding tert-OH is 1. The van der Waals surface area contributed by atoms with E-state index in [1.54, 1.807) is 4.90 Å². The van der Waals surface area contributed by atoms with Crippen molar-refractivity contribution in [3.63, 3.8) is 0 Å². The van der Waals surface area contributed by atoms with Crippen molar-refractivity contribution in [3.05, 3.63) is 10.4 Å². The molecule has 7 nitrogen and oxygen atoms in total. The number of carbonyl (C=O) groups excluding carboxylic acids is 1. The lowest BCUT2D eigenvalue weighted by Gasteiger charge is -2.19. The fourth-order valence-corrected chi connectivity index (χ4v) is 1.63. The maximum Gasteiger partial charge on any atom is 0.223 e. The van der Waals surface area contributed by atoms with Crippen LogP contribution in [-0.4, -0.2) is 48.2 Å². The Balaban J connectivity index is 2.42. The second-order valence-electron chi connectivity index (χ2n) is 3.67. The highest BCUT2D eigenvalue weighted by atomic mass is 16.3. The number of carbonyl (C=O) groups is 1. The maximum absolute atomic E-state index is 11.4. The van der Waals surface area contributed by atoms with E-state index in [1.165, 1.54) is 0 Å². The molecule has 7 heteroatoms. The Hall–Kier alpha value is -1.30. The van der Waals surface area contributed by atoms with Crippen molar-refractivity contribution in [1.29, 1.82) is 0 Å². The first-order valence-corrected chi connectivity index (χ1v) is 4.84. The molecule has 0 aromatic carbocycles. The zero-order chi connectivity index (χ0) is 11.3. The lowest BCUT2D eigenvalue weighted by Crippen LogP contribution is -2.37. The molecular weight excluding hydrogens is 198 g/mol. The number of likely N-dealkylation sites (tertiary alicyclic amines) is 1. The zero-order valence-corrected chi connectivity index (χ0v) is 8.41. The highest BCUT2D eigenvalue weighted by Crippen LogP contribution is 2.18. The van der Waals surface area contributed by atoms with Crippen molar-refractivity contribution >= 4 is 5.91 Å². The Bertz CT molecular complexity index is 276. The summed E-state index contributed by atoms with van der Waals surface area (Å²) >= 11 is 0. The van der Waals surface area contributed by atoms with Crippen LogP contribution in [0.25, 0.3) is 10.4 Å². The molecule has 84 valence electrons. The Morgan fingerprint density at radius 3 is 3.13 bits per heavy atom. The van der Waals surface area contributed by atoms with Gasteiger partial charge >= 0.3 is 0 Å². The fraction of sp³-hybridized carbons (Fsp3) is 0.875. The molecule has 0 spiro atoms. The second-order valence-corrected chi connectivity index (χ2v) is 3.67. The third-order valence-corrected chi connectivity index (χ3v) is 2.40. The summed E-state index contributed by atoms with van der Waals surface area (Å²) in [6, 6.07) is 0. The average molecular weight is 213 g/mol. The molecule has 1 heterocycles. The maximum atomic E-state index is 11.4. The molecule has 1 amide bonds. The molecule has 1 aliphatic heterocycles. The van der Waals surface area contributed by atoms with Crippen LogP contribution < -0.4 is 5.73 Å². The van der Waals surface area contributed by atoms with Gasteiger partial charge in [-0.1, -0.05) is 5.11 Å². The predicted octanol–water partition coefficient (Wildman–Crippen LogP) is -0.535. The molecule has 2 atom stereocenters. The number of amides is 1. The highest BCUT2D eigenvalue weighted by Gasteiger charge is 2.29. The lowest BCUT2D eigenvalue weighted by atomic mass is 10.1. The summed E-state index contributed by atoms with van der Waals surface area (Å²) in [4.78, 5) is 15.7. The minimum Gasteiger partial charge on any atom is -0.390 e. The van der Waals surface area contributed by atoms with E-state index in [9.17, 15) is 9.90 Å². The van der Waals surface area contributed by atoms with E-state index >= 15 is 0 Å². The van der Waals surface area contributed by atoms with Crippen LogP contribution in [0.4, 0.5) is 0 Å². The van der Waals surface area contributed by atoms with Crippen LogP contribution >= 0.6 is 0 Å². The highest BCUT2D eigenvalue weighted by molar-refractivity contribution is 5.78. The molecule has 0 bridgehead atoms. The molecular formula is C8H15N5O2. The van der Waals surface area contributed by atoms with Gasteiger partial charge < -0.3 is 15.7 Å². The first-order valence-electron chi connectivity index (χ1n) is 4.84. The molecule has 1 aliphatic rings. The summed E-state index contributed by atoms with van der Waals surface area (Å²) in [5, 5.41) is 12.7. The van der Waals surface area contributed by atoms with Crippen molar-refractivity contribution in [2.24, 2.45) is 16.8 Å². The molecule has 1 rings (SSSR count). The molecule has 0 aromatic heterocycles. The topological polar surface area (TPSA) is 115 Å². The van der Waals surface area contributed by atoms with E-state index in [0.717, 1.165) is 0 Å². The van der Waals surface area contributed by atoms with E-state index in [4.69, 9.17) is 11.3 Å². The van der Waals surface area contributed by atoms with Crippen LogP contribution in [0.5, 0.6) is 0 Å². The van der Waals surface area contributed by atoms with Crippen LogP contribution in [0.3, 0.4) is 0 Å². The number of rotatable bonds is 5. The molecule has 15 heavy (non-hydrogen) atoms. The van der Waals surface area contributed by atoms with Crippen LogP contribution in [0, 0.1) is 5.92 Å². The van der Waals surface area contributed by atoms with E-state index < -0.39 is 6.10 Å². The summed E-state index contributed by atoms with van der Waals surface area (Å²) in [5.41, 5.74) is 13.4. The van der Waals surface area contributed by atoms with Gasteiger partial charge in [0.15, 0.2) is 0 Å². The number of β-amino-alcohol motifs (C(OH)–C–C–N with tert-alkyl or cyclic N) is 1. The predicted molar refractivity (Wildman–Crippen MR) is 53.8 cm³/mol. The van der Waals surface area contributed by atoms with Gasteiger partial charge in [0, 0.05) is 37.5 Å². The molecule has 1 fully saturated rings. The van der Waals surface area contributed by atoms with E-state index in [2.05, 4.69) is 10.0 Å². The first-order chi connectivity index (χ1) is 7.17. The van der Waals surface area contributed by atoms with Gasteiger partial charge in [0.25, 0.3) is 0 Å². The molecule has 2 unspecified atom stereocenters. The van der Waals surface area contributed by atoms with E-state index in [0.29, 0.717) is 19.5 Å². The Morgan fingerprint density at radius 1 is 1.80 bits per heavy atom. The van der Waals surface area contributed by atoms with Gasteiger partial charge in [-0.3, -0.25) is 4.79 Å². The van der Waals surface area contributed by atoms with Crippen LogP contribution in [0.15, 0.2) is 5.11 Å². The monoisotopic (exact) mass is 213 g/mol. The first kappa shape index (κ1) is 11.8. The van der Waals surface area contributed by atoms with Crippen molar-refractivity contribution < 1.29 is 9.90 Å². The Morgan fingerprint density at radius 2 is 2.53 bits per heavy atom. The van der Waals surface area contributed by atoms with E-state index in [-0.39, 0.29) is 24.9 Å². The summed E-state index contributed by atoms with van der Waals surface area (Å²) in [6.45, 7) is 1.28. The van der Waals surface area contributed by atoms with Gasteiger partial charge in [0.2, 0.25) is 5.91 Å². The number of nitrogens with zero attached hydrogens (tertiary/aromatic N) is 4. The third-order valence-electron chi connectivity index (χ3n) is 2.40. The van der Waals surface area contributed by atoms with Gasteiger partial charge in [-0.05, 0) is 11.4 Å². The summed E-state index contributed by atoms with van der Waals surface area (Å²) in [7, 11) is 0. The fourth-order valence-electron chi connectivity index (χ4n) is 1.63. The lowest BCUT2D eigenvalue weighted by molar-refractivity contribution is -0.128. The average Bonchev–Trinajstić information content (AvgIpc) is 2.56. The quantitative estimate of drug-likeness (QED) is 0.363. The standard InChI is InChI=1S/C8H15N5O2/c9-2-7(14)5-13-4-6(1-8(13)15)3-11-12-10/h6-7,14H,1-5,9H2. The molecule has 0 aliphatic carbocycles. The smallest absolute Gasteiger partial charge is 0.223 e. The van der Waals surface area contributed by atoms with Crippen molar-refractivity contribution in [2.45, 2.75) is 12.5 Å².